The maximum Gasteiger partial charge on any atom is 0.0570 e. The highest BCUT2D eigenvalue weighted by Gasteiger charge is 2.23. The van der Waals surface area contributed by atoms with Crippen molar-refractivity contribution >= 4 is 0 Å². The fourth-order valence-corrected chi connectivity index (χ4v) is 2.41. The third-order valence-electron chi connectivity index (χ3n) is 3.41. The van der Waals surface area contributed by atoms with Crippen LogP contribution in [0.25, 0.3) is 0 Å². The van der Waals surface area contributed by atoms with Crippen molar-refractivity contribution in [2.24, 2.45) is 5.73 Å². The normalized spacial score (nSPS) is 27.6. The predicted molar refractivity (Wildman–Crippen MR) is 66.0 cm³/mol. The van der Waals surface area contributed by atoms with Crippen LogP contribution in [-0.4, -0.2) is 17.1 Å². The van der Waals surface area contributed by atoms with Gasteiger partial charge in [-0.3, -0.25) is 4.98 Å². The first-order valence-electron chi connectivity index (χ1n) is 6.20. The minimum Gasteiger partial charge on any atom is -0.326 e. The number of hydrogen-bond donors (Lipinski definition) is 2. The second-order valence-electron chi connectivity index (χ2n) is 4.70. The smallest absolute Gasteiger partial charge is 0.0570 e. The van der Waals surface area contributed by atoms with Gasteiger partial charge in [-0.1, -0.05) is 18.9 Å². The molecule has 16 heavy (non-hydrogen) atoms. The van der Waals surface area contributed by atoms with E-state index in [9.17, 15) is 0 Å². The summed E-state index contributed by atoms with van der Waals surface area (Å²) >= 11 is 0. The van der Waals surface area contributed by atoms with Gasteiger partial charge in [-0.15, -0.1) is 0 Å². The van der Waals surface area contributed by atoms with Gasteiger partial charge in [0.15, 0.2) is 0 Å². The quantitative estimate of drug-likeness (QED) is 0.817. The van der Waals surface area contributed by atoms with Crippen molar-refractivity contribution in [3.63, 3.8) is 0 Å². The molecule has 0 saturated heterocycles. The molecular weight excluding hydrogens is 198 g/mol. The first-order valence-corrected chi connectivity index (χ1v) is 6.20. The van der Waals surface area contributed by atoms with Gasteiger partial charge in [-0.05, 0) is 31.9 Å². The Labute approximate surface area is 97.5 Å². The Hall–Kier alpha value is -0.930. The summed E-state index contributed by atoms with van der Waals surface area (Å²) in [5, 5.41) is 3.60. The number of aromatic nitrogens is 1. The van der Waals surface area contributed by atoms with E-state index in [-0.39, 0.29) is 6.04 Å². The number of rotatable bonds is 3. The molecule has 1 aromatic rings. The van der Waals surface area contributed by atoms with Crippen molar-refractivity contribution < 1.29 is 0 Å². The Bertz CT molecular complexity index is 312. The molecule has 0 amide bonds. The molecule has 88 valence electrons. The van der Waals surface area contributed by atoms with Gasteiger partial charge < -0.3 is 11.1 Å². The minimum atomic E-state index is 0.287. The van der Waals surface area contributed by atoms with Crippen molar-refractivity contribution in [2.75, 3.05) is 0 Å². The van der Waals surface area contributed by atoms with Gasteiger partial charge in [-0.2, -0.15) is 0 Å². The molecule has 3 nitrogen and oxygen atoms in total. The van der Waals surface area contributed by atoms with Crippen LogP contribution in [0.1, 0.15) is 44.3 Å². The average Bonchev–Trinajstić information content (AvgIpc) is 2.33. The van der Waals surface area contributed by atoms with Crippen LogP contribution in [0.15, 0.2) is 24.4 Å². The topological polar surface area (TPSA) is 50.9 Å². The molecule has 0 radical (unpaired) electrons. The summed E-state index contributed by atoms with van der Waals surface area (Å²) in [7, 11) is 0. The molecule has 1 aromatic heterocycles. The van der Waals surface area contributed by atoms with Crippen LogP contribution in [0.3, 0.4) is 0 Å². The van der Waals surface area contributed by atoms with Gasteiger partial charge in [0.25, 0.3) is 0 Å². The van der Waals surface area contributed by atoms with E-state index in [2.05, 4.69) is 23.3 Å². The SMILES string of the molecule is C[C@H](N[C@@H]1CCCC[C@H]1N)c1ccccn1. The molecule has 0 bridgehead atoms. The summed E-state index contributed by atoms with van der Waals surface area (Å²) in [6, 6.07) is 7.08. The Kier molecular flexibility index (Phi) is 3.91. The van der Waals surface area contributed by atoms with E-state index in [1.807, 2.05) is 18.3 Å². The van der Waals surface area contributed by atoms with Gasteiger partial charge in [0.05, 0.1) is 5.69 Å². The van der Waals surface area contributed by atoms with Crippen molar-refractivity contribution in [1.82, 2.24) is 10.3 Å². The Morgan fingerprint density at radius 3 is 2.88 bits per heavy atom. The zero-order valence-corrected chi connectivity index (χ0v) is 9.89. The molecule has 1 heterocycles. The molecule has 0 unspecified atom stereocenters. The molecule has 0 aliphatic heterocycles. The van der Waals surface area contributed by atoms with Crippen LogP contribution in [0, 0.1) is 0 Å². The molecule has 1 aliphatic rings. The van der Waals surface area contributed by atoms with Crippen LogP contribution in [0.4, 0.5) is 0 Å². The minimum absolute atomic E-state index is 0.287. The lowest BCUT2D eigenvalue weighted by Crippen LogP contribution is -2.47. The fourth-order valence-electron chi connectivity index (χ4n) is 2.41. The summed E-state index contributed by atoms with van der Waals surface area (Å²) in [6.45, 7) is 2.16. The zero-order chi connectivity index (χ0) is 11.4. The molecule has 3 N–H and O–H groups in total. The Balaban J connectivity index is 1.94. The summed E-state index contributed by atoms with van der Waals surface area (Å²) in [4.78, 5) is 4.37. The lowest BCUT2D eigenvalue weighted by Gasteiger charge is -2.31. The highest BCUT2D eigenvalue weighted by atomic mass is 15.0. The van der Waals surface area contributed by atoms with E-state index in [1.165, 1.54) is 19.3 Å². The average molecular weight is 219 g/mol. The van der Waals surface area contributed by atoms with E-state index >= 15 is 0 Å². The summed E-state index contributed by atoms with van der Waals surface area (Å²) < 4.78 is 0. The summed E-state index contributed by atoms with van der Waals surface area (Å²) in [5.74, 6) is 0. The Morgan fingerprint density at radius 2 is 2.19 bits per heavy atom. The molecular formula is C13H21N3. The van der Waals surface area contributed by atoms with Crippen molar-refractivity contribution in [2.45, 2.75) is 50.7 Å². The number of hydrogen-bond acceptors (Lipinski definition) is 3. The molecule has 1 fully saturated rings. The second-order valence-corrected chi connectivity index (χ2v) is 4.70. The lowest BCUT2D eigenvalue weighted by molar-refractivity contribution is 0.305. The van der Waals surface area contributed by atoms with Crippen LogP contribution >= 0.6 is 0 Å². The van der Waals surface area contributed by atoms with Crippen LogP contribution in [0.5, 0.6) is 0 Å². The second kappa shape index (κ2) is 5.41. The van der Waals surface area contributed by atoms with Gasteiger partial charge in [0.1, 0.15) is 0 Å². The van der Waals surface area contributed by atoms with E-state index < -0.39 is 0 Å². The summed E-state index contributed by atoms with van der Waals surface area (Å²) in [5.41, 5.74) is 7.22. The molecule has 2 rings (SSSR count). The number of nitrogens with zero attached hydrogens (tertiary/aromatic N) is 1. The number of pyridine rings is 1. The lowest BCUT2D eigenvalue weighted by atomic mass is 9.90. The van der Waals surface area contributed by atoms with Gasteiger partial charge in [0, 0.05) is 24.3 Å². The van der Waals surface area contributed by atoms with Gasteiger partial charge in [0.2, 0.25) is 0 Å². The predicted octanol–water partition coefficient (Wildman–Crippen LogP) is 2.00. The first-order chi connectivity index (χ1) is 7.77. The summed E-state index contributed by atoms with van der Waals surface area (Å²) in [6.07, 6.45) is 6.75. The van der Waals surface area contributed by atoms with Crippen molar-refractivity contribution in [3.8, 4) is 0 Å². The molecule has 1 aliphatic carbocycles. The third-order valence-corrected chi connectivity index (χ3v) is 3.41. The van der Waals surface area contributed by atoms with E-state index in [0.29, 0.717) is 12.1 Å². The Morgan fingerprint density at radius 1 is 1.38 bits per heavy atom. The third kappa shape index (κ3) is 2.80. The first kappa shape index (κ1) is 11.6. The van der Waals surface area contributed by atoms with E-state index in [1.54, 1.807) is 0 Å². The van der Waals surface area contributed by atoms with Gasteiger partial charge >= 0.3 is 0 Å². The van der Waals surface area contributed by atoms with E-state index in [4.69, 9.17) is 5.73 Å². The zero-order valence-electron chi connectivity index (χ0n) is 9.89. The standard InChI is InChI=1S/C13H21N3/c1-10(12-7-4-5-9-15-12)16-13-8-3-2-6-11(13)14/h4-5,7,9-11,13,16H,2-3,6,8,14H2,1H3/t10-,11+,13+/m0/s1. The van der Waals surface area contributed by atoms with Crippen molar-refractivity contribution in [1.29, 1.82) is 0 Å². The van der Waals surface area contributed by atoms with Gasteiger partial charge in [-0.25, -0.2) is 0 Å². The monoisotopic (exact) mass is 219 g/mol. The van der Waals surface area contributed by atoms with Crippen LogP contribution in [-0.2, 0) is 0 Å². The molecule has 0 spiro atoms. The molecule has 3 atom stereocenters. The highest BCUT2D eigenvalue weighted by molar-refractivity contribution is 5.08. The molecule has 3 heteroatoms. The number of nitrogens with two attached hydrogens (primary N) is 1. The maximum absolute atomic E-state index is 6.12. The highest BCUT2D eigenvalue weighted by Crippen LogP contribution is 2.20. The van der Waals surface area contributed by atoms with Crippen LogP contribution < -0.4 is 11.1 Å². The van der Waals surface area contributed by atoms with E-state index in [0.717, 1.165) is 12.1 Å². The maximum atomic E-state index is 6.12. The largest absolute Gasteiger partial charge is 0.326 e. The molecule has 1 saturated carbocycles. The van der Waals surface area contributed by atoms with Crippen LogP contribution in [0.2, 0.25) is 0 Å². The molecule has 0 aromatic carbocycles. The van der Waals surface area contributed by atoms with Crippen molar-refractivity contribution in [3.05, 3.63) is 30.1 Å². The fraction of sp³-hybridized carbons (Fsp3) is 0.615. The number of nitrogens with one attached hydrogen (secondary N) is 1.